The van der Waals surface area contributed by atoms with Gasteiger partial charge in [-0.2, -0.15) is 23.5 Å². The van der Waals surface area contributed by atoms with Crippen molar-refractivity contribution in [3.8, 4) is 11.8 Å². The molecule has 0 atom stereocenters. The van der Waals surface area contributed by atoms with Crippen LogP contribution in [0, 0.1) is 17.2 Å². The summed E-state index contributed by atoms with van der Waals surface area (Å²) in [4.78, 5) is 27.4. The number of anilines is 1. The number of alkyl halides is 4. The fourth-order valence-electron chi connectivity index (χ4n) is 4.77. The zero-order valence-electron chi connectivity index (χ0n) is 22.1. The Balaban J connectivity index is 1.74. The van der Waals surface area contributed by atoms with Crippen LogP contribution >= 0.6 is 15.9 Å². The van der Waals surface area contributed by atoms with Gasteiger partial charge in [0, 0.05) is 24.1 Å². The van der Waals surface area contributed by atoms with Gasteiger partial charge in [0.15, 0.2) is 0 Å². The lowest BCUT2D eigenvalue weighted by Crippen LogP contribution is -2.41. The summed E-state index contributed by atoms with van der Waals surface area (Å²) in [5, 5.41) is 22.7. The predicted molar refractivity (Wildman–Crippen MR) is 152 cm³/mol. The molecule has 1 saturated carbocycles. The van der Waals surface area contributed by atoms with Crippen molar-refractivity contribution in [2.24, 2.45) is 5.92 Å². The van der Waals surface area contributed by atoms with Gasteiger partial charge in [0.2, 0.25) is 0 Å². The van der Waals surface area contributed by atoms with E-state index in [-0.39, 0.29) is 23.0 Å². The second-order valence-electron chi connectivity index (χ2n) is 9.67. The van der Waals surface area contributed by atoms with Crippen LogP contribution in [0.15, 0.2) is 66.4 Å². The van der Waals surface area contributed by atoms with Gasteiger partial charge in [-0.05, 0) is 80.1 Å². The summed E-state index contributed by atoms with van der Waals surface area (Å²) in [6.45, 7) is 0. The first-order valence-electron chi connectivity index (χ1n) is 13.0. The summed E-state index contributed by atoms with van der Waals surface area (Å²) >= 11 is 3.51. The molecule has 4 rings (SSSR count). The Bertz CT molecular complexity index is 1470. The van der Waals surface area contributed by atoms with E-state index in [1.165, 1.54) is 30.1 Å². The molecule has 0 bridgehead atoms. The number of halogens is 4. The zero-order chi connectivity index (χ0) is 29.6. The number of amides is 2. The fraction of sp³-hybridized carbons (Fsp3) is 0.310. The molecule has 2 amide bonds. The van der Waals surface area contributed by atoms with Gasteiger partial charge >= 0.3 is 6.18 Å². The molecule has 0 radical (unpaired) electrons. The fourth-order valence-corrected chi connectivity index (χ4v) is 5.42. The summed E-state index contributed by atoms with van der Waals surface area (Å²) < 4.78 is 41.4. The van der Waals surface area contributed by atoms with Gasteiger partial charge in [-0.15, -0.1) is 0 Å². The van der Waals surface area contributed by atoms with Crippen molar-refractivity contribution in [2.75, 3.05) is 17.7 Å². The molecular weight excluding hydrogens is 601 g/mol. The van der Waals surface area contributed by atoms with Crippen LogP contribution in [0.25, 0.3) is 11.4 Å². The maximum atomic E-state index is 13.7. The van der Waals surface area contributed by atoms with Crippen LogP contribution in [0.5, 0.6) is 0 Å². The van der Waals surface area contributed by atoms with E-state index >= 15 is 0 Å². The highest BCUT2D eigenvalue weighted by Crippen LogP contribution is 2.31. The van der Waals surface area contributed by atoms with Crippen molar-refractivity contribution in [3.05, 3.63) is 83.2 Å². The van der Waals surface area contributed by atoms with Crippen LogP contribution in [0.1, 0.15) is 42.5 Å². The van der Waals surface area contributed by atoms with Gasteiger partial charge in [0.1, 0.15) is 5.57 Å². The molecule has 1 heterocycles. The summed E-state index contributed by atoms with van der Waals surface area (Å²) in [6.07, 6.45) is 0.193. The molecule has 12 heteroatoms. The van der Waals surface area contributed by atoms with Crippen molar-refractivity contribution in [3.63, 3.8) is 0 Å². The third-order valence-electron chi connectivity index (χ3n) is 6.94. The van der Waals surface area contributed by atoms with Crippen molar-refractivity contribution in [1.29, 1.82) is 5.26 Å². The lowest BCUT2D eigenvalue weighted by atomic mass is 9.87. The van der Waals surface area contributed by atoms with E-state index < -0.39 is 23.6 Å². The van der Waals surface area contributed by atoms with E-state index in [4.69, 9.17) is 5.26 Å². The molecule has 1 aliphatic rings. The number of nitriles is 1. The molecule has 2 aromatic carbocycles. The first-order valence-corrected chi connectivity index (χ1v) is 14.1. The largest absolute Gasteiger partial charge is 0.416 e. The number of aromatic nitrogens is 2. The maximum Gasteiger partial charge on any atom is 0.416 e. The Labute approximate surface area is 243 Å². The summed E-state index contributed by atoms with van der Waals surface area (Å²) in [6, 6.07) is 14.3. The van der Waals surface area contributed by atoms with Gasteiger partial charge in [-0.1, -0.05) is 22.0 Å². The standard InChI is InChI=1S/C29H28BrF3N6O2/c1-35-26(24-13-14-36-39(24)23-11-7-19(17-34)8-12-23)25(27(40)37-21-9-5-18(16-30)6-10-21)28(41)38-22-4-2-3-20(15-22)29(31,32)33/h2-4,7-8,11-15,18,21,35H,5-6,9-10,16H2,1H3,(H,37,40)(H,38,41)/b26-25-. The van der Waals surface area contributed by atoms with Crippen LogP contribution in [0.3, 0.4) is 0 Å². The lowest BCUT2D eigenvalue weighted by molar-refractivity contribution is -0.137. The Morgan fingerprint density at radius 1 is 1.07 bits per heavy atom. The molecule has 8 nitrogen and oxygen atoms in total. The summed E-state index contributed by atoms with van der Waals surface area (Å²) in [5.41, 5.74) is 0.172. The van der Waals surface area contributed by atoms with Gasteiger partial charge < -0.3 is 16.0 Å². The molecular formula is C29H28BrF3N6O2. The number of carbonyl (C=O) groups is 2. The van der Waals surface area contributed by atoms with Crippen LogP contribution in [-0.2, 0) is 15.8 Å². The lowest BCUT2D eigenvalue weighted by Gasteiger charge is -2.28. The van der Waals surface area contributed by atoms with Gasteiger partial charge in [-0.25, -0.2) is 4.68 Å². The first kappa shape index (κ1) is 29.9. The predicted octanol–water partition coefficient (Wildman–Crippen LogP) is 5.40. The van der Waals surface area contributed by atoms with Crippen molar-refractivity contribution < 1.29 is 22.8 Å². The number of nitrogens with zero attached hydrogens (tertiary/aromatic N) is 3. The number of hydrogen-bond donors (Lipinski definition) is 3. The Morgan fingerprint density at radius 3 is 2.39 bits per heavy atom. The Hall–Kier alpha value is -4.11. The molecule has 0 unspecified atom stereocenters. The van der Waals surface area contributed by atoms with Gasteiger partial charge in [0.25, 0.3) is 11.8 Å². The number of carbonyl (C=O) groups excluding carboxylic acids is 2. The topological polar surface area (TPSA) is 112 Å². The second kappa shape index (κ2) is 13.0. The highest BCUT2D eigenvalue weighted by atomic mass is 79.9. The van der Waals surface area contributed by atoms with Crippen LogP contribution in [0.4, 0.5) is 18.9 Å². The van der Waals surface area contributed by atoms with Gasteiger partial charge in [-0.3, -0.25) is 9.59 Å². The average Bonchev–Trinajstić information content (AvgIpc) is 3.45. The Kier molecular flexibility index (Phi) is 9.50. The van der Waals surface area contributed by atoms with E-state index in [1.807, 2.05) is 6.07 Å². The molecule has 41 heavy (non-hydrogen) atoms. The summed E-state index contributed by atoms with van der Waals surface area (Å²) in [5.74, 6) is -1.03. The molecule has 214 valence electrons. The maximum absolute atomic E-state index is 13.7. The minimum atomic E-state index is -4.60. The highest BCUT2D eigenvalue weighted by molar-refractivity contribution is 9.09. The monoisotopic (exact) mass is 628 g/mol. The third kappa shape index (κ3) is 7.16. The van der Waals surface area contributed by atoms with Crippen LogP contribution < -0.4 is 16.0 Å². The SMILES string of the molecule is CN/C(=C(\C(=O)Nc1cccc(C(F)(F)F)c1)C(=O)NC1CCC(CBr)CC1)c1ccnn1-c1ccc(C#N)cc1. The van der Waals surface area contributed by atoms with Crippen LogP contribution in [0.2, 0.25) is 0 Å². The number of rotatable bonds is 8. The smallest absolute Gasteiger partial charge is 0.386 e. The molecule has 0 spiro atoms. The first-order chi connectivity index (χ1) is 19.6. The van der Waals surface area contributed by atoms with E-state index in [2.05, 4.69) is 37.0 Å². The number of benzene rings is 2. The molecule has 1 aliphatic carbocycles. The third-order valence-corrected chi connectivity index (χ3v) is 7.86. The van der Waals surface area contributed by atoms with E-state index in [0.717, 1.165) is 43.1 Å². The minimum absolute atomic E-state index is 0.107. The second-order valence-corrected chi connectivity index (χ2v) is 10.3. The quantitative estimate of drug-likeness (QED) is 0.134. The van der Waals surface area contributed by atoms with Crippen molar-refractivity contribution in [1.82, 2.24) is 20.4 Å². The normalized spacial score (nSPS) is 17.7. The van der Waals surface area contributed by atoms with Crippen molar-refractivity contribution >= 4 is 39.1 Å². The molecule has 1 fully saturated rings. The average molecular weight is 629 g/mol. The Morgan fingerprint density at radius 2 is 1.78 bits per heavy atom. The van der Waals surface area contributed by atoms with E-state index in [0.29, 0.717) is 22.9 Å². The van der Waals surface area contributed by atoms with E-state index in [1.54, 1.807) is 30.3 Å². The molecule has 0 saturated heterocycles. The number of nitrogens with one attached hydrogen (secondary N) is 3. The minimum Gasteiger partial charge on any atom is -0.386 e. The molecule has 3 N–H and O–H groups in total. The highest BCUT2D eigenvalue weighted by Gasteiger charge is 2.32. The molecule has 0 aliphatic heterocycles. The molecule has 3 aromatic rings. The zero-order valence-corrected chi connectivity index (χ0v) is 23.7. The summed E-state index contributed by atoms with van der Waals surface area (Å²) in [7, 11) is 1.54. The van der Waals surface area contributed by atoms with E-state index in [9.17, 15) is 22.8 Å². The van der Waals surface area contributed by atoms with Gasteiger partial charge in [0.05, 0.1) is 40.5 Å². The molecule has 1 aromatic heterocycles. The van der Waals surface area contributed by atoms with Crippen LogP contribution in [-0.4, -0.2) is 40.0 Å². The van der Waals surface area contributed by atoms with Crippen molar-refractivity contribution in [2.45, 2.75) is 37.9 Å². The number of hydrogen-bond acceptors (Lipinski definition) is 5.